The van der Waals surface area contributed by atoms with E-state index in [9.17, 15) is 4.39 Å². The molecule has 0 radical (unpaired) electrons. The predicted octanol–water partition coefficient (Wildman–Crippen LogP) is 1.91. The molecule has 1 saturated carbocycles. The van der Waals surface area contributed by atoms with Crippen molar-refractivity contribution in [3.05, 3.63) is 35.8 Å². The van der Waals surface area contributed by atoms with Crippen LogP contribution in [0.25, 0.3) is 0 Å². The van der Waals surface area contributed by atoms with E-state index in [4.69, 9.17) is 4.99 Å². The van der Waals surface area contributed by atoms with Gasteiger partial charge in [0.2, 0.25) is 0 Å². The first-order valence-corrected chi connectivity index (χ1v) is 10.4. The van der Waals surface area contributed by atoms with Gasteiger partial charge in [-0.1, -0.05) is 12.8 Å². The second kappa shape index (κ2) is 8.75. The van der Waals surface area contributed by atoms with E-state index in [0.717, 1.165) is 30.6 Å². The quantitative estimate of drug-likeness (QED) is 0.589. The smallest absolute Gasteiger partial charge is 0.192 e. The van der Waals surface area contributed by atoms with Gasteiger partial charge in [-0.3, -0.25) is 0 Å². The summed E-state index contributed by atoms with van der Waals surface area (Å²) in [5.74, 6) is 2.65. The Morgan fingerprint density at radius 3 is 2.72 bits per heavy atom. The van der Waals surface area contributed by atoms with E-state index in [1.54, 1.807) is 12.3 Å². The van der Waals surface area contributed by atoms with Gasteiger partial charge in [0, 0.05) is 38.4 Å². The van der Waals surface area contributed by atoms with Crippen molar-refractivity contribution in [2.75, 3.05) is 18.0 Å². The molecule has 0 spiro atoms. The van der Waals surface area contributed by atoms with Crippen LogP contribution in [-0.2, 0) is 13.6 Å². The van der Waals surface area contributed by atoms with Crippen LogP contribution in [-0.4, -0.2) is 50.9 Å². The molecule has 1 atom stereocenters. The third kappa shape index (κ3) is 4.65. The van der Waals surface area contributed by atoms with Crippen molar-refractivity contribution in [1.82, 2.24) is 30.4 Å². The van der Waals surface area contributed by atoms with Crippen LogP contribution in [0.2, 0.25) is 0 Å². The number of hydrogen-bond acceptors (Lipinski definition) is 5. The van der Waals surface area contributed by atoms with Crippen LogP contribution in [0.1, 0.15) is 43.8 Å². The van der Waals surface area contributed by atoms with E-state index in [1.807, 2.05) is 23.4 Å². The second-order valence-corrected chi connectivity index (χ2v) is 7.90. The molecule has 0 amide bonds. The lowest BCUT2D eigenvalue weighted by Crippen LogP contribution is -2.47. The number of aryl methyl sites for hydroxylation is 1. The number of nitrogens with one attached hydrogen (secondary N) is 2. The normalized spacial score (nSPS) is 20.4. The Labute approximate surface area is 170 Å². The SMILES string of the molecule is Cc1nnc(CN=C(NC2CCCC2)NC2CCN(c3ncccc3F)C2)n1C. The maximum absolute atomic E-state index is 14.1. The molecule has 1 aliphatic carbocycles. The molecule has 2 fully saturated rings. The number of aromatic nitrogens is 4. The molecule has 0 bridgehead atoms. The molecule has 8 nitrogen and oxygen atoms in total. The number of anilines is 1. The summed E-state index contributed by atoms with van der Waals surface area (Å²) in [6, 6.07) is 3.72. The first kappa shape index (κ1) is 19.6. The number of nitrogens with zero attached hydrogens (tertiary/aromatic N) is 6. The Morgan fingerprint density at radius 1 is 1.21 bits per heavy atom. The Bertz CT molecular complexity index is 858. The van der Waals surface area contributed by atoms with Crippen molar-refractivity contribution < 1.29 is 4.39 Å². The summed E-state index contributed by atoms with van der Waals surface area (Å²) in [6.45, 7) is 3.86. The summed E-state index contributed by atoms with van der Waals surface area (Å²) >= 11 is 0. The van der Waals surface area contributed by atoms with Crippen LogP contribution < -0.4 is 15.5 Å². The molecule has 156 valence electrons. The fraction of sp³-hybridized carbons (Fsp3) is 0.600. The Morgan fingerprint density at radius 2 is 2.00 bits per heavy atom. The fourth-order valence-electron chi connectivity index (χ4n) is 4.01. The molecule has 29 heavy (non-hydrogen) atoms. The summed E-state index contributed by atoms with van der Waals surface area (Å²) < 4.78 is 16.0. The van der Waals surface area contributed by atoms with Gasteiger partial charge in [-0.05, 0) is 38.3 Å². The zero-order chi connectivity index (χ0) is 20.2. The highest BCUT2D eigenvalue weighted by Gasteiger charge is 2.27. The van der Waals surface area contributed by atoms with Crippen LogP contribution in [0.15, 0.2) is 23.3 Å². The van der Waals surface area contributed by atoms with E-state index in [2.05, 4.69) is 25.8 Å². The van der Waals surface area contributed by atoms with Gasteiger partial charge >= 0.3 is 0 Å². The minimum Gasteiger partial charge on any atom is -0.354 e. The minimum absolute atomic E-state index is 0.185. The number of rotatable bonds is 5. The highest BCUT2D eigenvalue weighted by molar-refractivity contribution is 5.80. The third-order valence-corrected chi connectivity index (χ3v) is 5.83. The Hall–Kier alpha value is -2.71. The average molecular weight is 401 g/mol. The standard InChI is InChI=1S/C20H29FN8/c1-14-26-27-18(28(14)2)12-23-20(24-15-6-3-4-7-15)25-16-9-11-29(13-16)19-17(21)8-5-10-22-19/h5,8,10,15-16H,3-4,6-7,9,11-13H2,1-2H3,(H2,23,24,25). The molecular weight excluding hydrogens is 371 g/mol. The summed E-state index contributed by atoms with van der Waals surface area (Å²) in [6.07, 6.45) is 7.38. The Balaban J connectivity index is 1.43. The number of guanidine groups is 1. The number of pyridine rings is 1. The van der Waals surface area contributed by atoms with Gasteiger partial charge in [0.05, 0.1) is 0 Å². The number of aliphatic imine (C=N–C) groups is 1. The largest absolute Gasteiger partial charge is 0.354 e. The molecule has 1 saturated heterocycles. The second-order valence-electron chi connectivity index (χ2n) is 7.90. The summed E-state index contributed by atoms with van der Waals surface area (Å²) in [5, 5.41) is 15.4. The molecule has 2 N–H and O–H groups in total. The fourth-order valence-corrected chi connectivity index (χ4v) is 4.01. The third-order valence-electron chi connectivity index (χ3n) is 5.83. The van der Waals surface area contributed by atoms with E-state index in [1.165, 1.54) is 31.7 Å². The lowest BCUT2D eigenvalue weighted by atomic mass is 10.2. The molecule has 2 aromatic rings. The van der Waals surface area contributed by atoms with Crippen molar-refractivity contribution in [3.8, 4) is 0 Å². The van der Waals surface area contributed by atoms with Gasteiger partial charge in [0.25, 0.3) is 0 Å². The molecule has 2 aromatic heterocycles. The summed E-state index contributed by atoms with van der Waals surface area (Å²) in [4.78, 5) is 11.0. The van der Waals surface area contributed by atoms with E-state index in [0.29, 0.717) is 24.9 Å². The molecule has 0 aromatic carbocycles. The molecule has 1 aliphatic heterocycles. The van der Waals surface area contributed by atoms with Crippen molar-refractivity contribution in [1.29, 1.82) is 0 Å². The topological polar surface area (TPSA) is 83.3 Å². The summed E-state index contributed by atoms with van der Waals surface area (Å²) in [7, 11) is 1.95. The van der Waals surface area contributed by atoms with Crippen LogP contribution >= 0.6 is 0 Å². The van der Waals surface area contributed by atoms with Crippen LogP contribution in [0, 0.1) is 12.7 Å². The van der Waals surface area contributed by atoms with Crippen molar-refractivity contribution in [2.45, 2.75) is 57.7 Å². The van der Waals surface area contributed by atoms with E-state index in [-0.39, 0.29) is 11.9 Å². The van der Waals surface area contributed by atoms with Gasteiger partial charge in [-0.15, -0.1) is 10.2 Å². The molecule has 9 heteroatoms. The molecular formula is C20H29FN8. The van der Waals surface area contributed by atoms with E-state index < -0.39 is 0 Å². The maximum atomic E-state index is 14.1. The summed E-state index contributed by atoms with van der Waals surface area (Å²) in [5.41, 5.74) is 0. The number of halogens is 1. The van der Waals surface area contributed by atoms with Crippen LogP contribution in [0.5, 0.6) is 0 Å². The average Bonchev–Trinajstić information content (AvgIpc) is 3.45. The van der Waals surface area contributed by atoms with Gasteiger partial charge in [0.15, 0.2) is 23.4 Å². The lowest BCUT2D eigenvalue weighted by Gasteiger charge is -2.22. The first-order chi connectivity index (χ1) is 14.1. The predicted molar refractivity (Wildman–Crippen MR) is 110 cm³/mol. The van der Waals surface area contributed by atoms with E-state index >= 15 is 0 Å². The van der Waals surface area contributed by atoms with Crippen molar-refractivity contribution in [3.63, 3.8) is 0 Å². The lowest BCUT2D eigenvalue weighted by molar-refractivity contribution is 0.582. The first-order valence-electron chi connectivity index (χ1n) is 10.4. The van der Waals surface area contributed by atoms with Gasteiger partial charge in [0.1, 0.15) is 12.4 Å². The number of hydrogen-bond donors (Lipinski definition) is 2. The van der Waals surface area contributed by atoms with Crippen LogP contribution in [0.3, 0.4) is 0 Å². The molecule has 3 heterocycles. The van der Waals surface area contributed by atoms with Gasteiger partial charge in [-0.2, -0.15) is 0 Å². The molecule has 4 rings (SSSR count). The zero-order valence-electron chi connectivity index (χ0n) is 17.1. The zero-order valence-corrected chi connectivity index (χ0v) is 17.1. The minimum atomic E-state index is -0.274. The highest BCUT2D eigenvalue weighted by atomic mass is 19.1. The Kier molecular flexibility index (Phi) is 5.92. The molecule has 2 aliphatic rings. The molecule has 1 unspecified atom stereocenters. The van der Waals surface area contributed by atoms with Crippen molar-refractivity contribution >= 4 is 11.8 Å². The van der Waals surface area contributed by atoms with Gasteiger partial charge < -0.3 is 20.1 Å². The van der Waals surface area contributed by atoms with Crippen molar-refractivity contribution in [2.24, 2.45) is 12.0 Å². The maximum Gasteiger partial charge on any atom is 0.192 e. The highest BCUT2D eigenvalue weighted by Crippen LogP contribution is 2.21. The van der Waals surface area contributed by atoms with Gasteiger partial charge in [-0.25, -0.2) is 14.4 Å². The van der Waals surface area contributed by atoms with Crippen LogP contribution in [0.4, 0.5) is 10.2 Å². The monoisotopic (exact) mass is 400 g/mol.